The number of amides is 1. The van der Waals surface area contributed by atoms with E-state index in [0.29, 0.717) is 42.6 Å². The lowest BCUT2D eigenvalue weighted by Gasteiger charge is -2.24. The average Bonchev–Trinajstić information content (AvgIpc) is 2.88. The monoisotopic (exact) mass is 477 g/mol. The van der Waals surface area contributed by atoms with Gasteiger partial charge >= 0.3 is 0 Å². The van der Waals surface area contributed by atoms with E-state index < -0.39 is 5.91 Å². The smallest absolute Gasteiger partial charge is 0.274 e. The number of nitrogens with zero attached hydrogens (tertiary/aromatic N) is 5. The molecule has 2 aromatic heterocycles. The minimum Gasteiger partial charge on any atom is -0.380 e. The Hall–Kier alpha value is -4.21. The Morgan fingerprint density at radius 3 is 2.89 bits per heavy atom. The molecule has 1 saturated heterocycles. The second-order valence-corrected chi connectivity index (χ2v) is 7.81. The minimum atomic E-state index is -0.505. The van der Waals surface area contributed by atoms with Crippen LogP contribution < -0.4 is 21.3 Å². The molecule has 0 radical (unpaired) electrons. The second kappa shape index (κ2) is 11.3. The number of hydrogen-bond donors (Lipinski definition) is 4. The molecular weight excluding hydrogens is 453 g/mol. The lowest BCUT2D eigenvalue weighted by molar-refractivity contribution is 0.0372. The Bertz CT molecular complexity index is 1200. The van der Waals surface area contributed by atoms with Crippen LogP contribution in [-0.4, -0.2) is 58.4 Å². The molecule has 0 bridgehead atoms. The van der Waals surface area contributed by atoms with Crippen LogP contribution in [0.5, 0.6) is 0 Å². The van der Waals surface area contributed by atoms with Gasteiger partial charge in [-0.15, -0.1) is 10.2 Å². The van der Waals surface area contributed by atoms with Gasteiger partial charge < -0.3 is 26.0 Å². The number of carbonyl (C=O) groups excluding carboxylic acids is 1. The lowest BCUT2D eigenvalue weighted by Crippen LogP contribution is -2.42. The van der Waals surface area contributed by atoms with Gasteiger partial charge in [-0.3, -0.25) is 4.79 Å². The molecule has 1 fully saturated rings. The fourth-order valence-corrected chi connectivity index (χ4v) is 3.45. The van der Waals surface area contributed by atoms with Crippen LogP contribution in [0.2, 0.25) is 0 Å². The number of anilines is 3. The van der Waals surface area contributed by atoms with Crippen molar-refractivity contribution >= 4 is 23.2 Å². The van der Waals surface area contributed by atoms with Gasteiger partial charge in [0.05, 0.1) is 30.8 Å². The summed E-state index contributed by atoms with van der Waals surface area (Å²) in [5.41, 5.74) is 1.80. The molecule has 11 nitrogen and oxygen atoms in total. The Balaban J connectivity index is 1.52. The molecule has 1 atom stereocenters. The van der Waals surface area contributed by atoms with Gasteiger partial charge in [0.1, 0.15) is 17.7 Å². The number of aryl methyl sites for hydroxylation is 1. The van der Waals surface area contributed by atoms with Crippen molar-refractivity contribution in [2.24, 2.45) is 0 Å². The first-order valence-corrected chi connectivity index (χ1v) is 11.0. The van der Waals surface area contributed by atoms with Crippen LogP contribution in [0.1, 0.15) is 27.3 Å². The lowest BCUT2D eigenvalue weighted by atomic mass is 10.1. The number of carbonyl (C=O) groups is 1. The molecule has 1 amide bonds. The van der Waals surface area contributed by atoms with Gasteiger partial charge in [0.15, 0.2) is 17.2 Å². The van der Waals surface area contributed by atoms with Crippen molar-refractivity contribution < 1.29 is 13.9 Å². The van der Waals surface area contributed by atoms with Crippen LogP contribution in [-0.2, 0) is 11.3 Å². The van der Waals surface area contributed by atoms with Gasteiger partial charge in [-0.2, -0.15) is 5.26 Å². The second-order valence-electron chi connectivity index (χ2n) is 7.81. The molecule has 4 N–H and O–H groups in total. The van der Waals surface area contributed by atoms with E-state index >= 15 is 0 Å². The number of morpholine rings is 1. The Morgan fingerprint density at radius 1 is 1.29 bits per heavy atom. The quantitative estimate of drug-likeness (QED) is 0.377. The van der Waals surface area contributed by atoms with E-state index in [1.54, 1.807) is 25.1 Å². The Labute approximate surface area is 201 Å². The molecule has 12 heteroatoms. The molecule has 0 aliphatic carbocycles. The highest BCUT2D eigenvalue weighted by atomic mass is 19.1. The summed E-state index contributed by atoms with van der Waals surface area (Å²) in [6.07, 6.45) is 2.64. The minimum absolute atomic E-state index is 0.00888. The predicted octanol–water partition coefficient (Wildman–Crippen LogP) is 1.66. The number of halogens is 1. The molecule has 1 aromatic carbocycles. The molecule has 1 aliphatic rings. The first-order chi connectivity index (χ1) is 17.0. The van der Waals surface area contributed by atoms with Crippen molar-refractivity contribution in [3.8, 4) is 6.07 Å². The van der Waals surface area contributed by atoms with E-state index in [4.69, 9.17) is 10.00 Å². The van der Waals surface area contributed by atoms with Gasteiger partial charge in [0.25, 0.3) is 5.91 Å². The van der Waals surface area contributed by atoms with Crippen molar-refractivity contribution in [1.29, 1.82) is 5.26 Å². The van der Waals surface area contributed by atoms with Crippen LogP contribution in [0.25, 0.3) is 0 Å². The number of ether oxygens (including phenoxy) is 1. The zero-order valence-corrected chi connectivity index (χ0v) is 19.0. The molecule has 1 unspecified atom stereocenters. The van der Waals surface area contributed by atoms with Gasteiger partial charge in [0.2, 0.25) is 0 Å². The molecule has 35 heavy (non-hydrogen) atoms. The molecule has 180 valence electrons. The van der Waals surface area contributed by atoms with E-state index in [0.717, 1.165) is 12.1 Å². The van der Waals surface area contributed by atoms with E-state index in [-0.39, 0.29) is 29.9 Å². The Kier molecular flexibility index (Phi) is 7.71. The van der Waals surface area contributed by atoms with E-state index in [2.05, 4.69) is 41.4 Å². The normalized spacial score (nSPS) is 15.2. The van der Waals surface area contributed by atoms with Crippen molar-refractivity contribution in [3.63, 3.8) is 0 Å². The van der Waals surface area contributed by atoms with Gasteiger partial charge in [-0.1, -0.05) is 12.1 Å². The maximum absolute atomic E-state index is 14.2. The predicted molar refractivity (Wildman–Crippen MR) is 125 cm³/mol. The fraction of sp³-hybridized carbons (Fsp3) is 0.304. The summed E-state index contributed by atoms with van der Waals surface area (Å²) in [6, 6.07) is 8.27. The molecule has 1 aliphatic heterocycles. The first kappa shape index (κ1) is 23.9. The highest BCUT2D eigenvalue weighted by Crippen LogP contribution is 2.20. The summed E-state index contributed by atoms with van der Waals surface area (Å²) in [7, 11) is 0. The maximum Gasteiger partial charge on any atom is 0.274 e. The summed E-state index contributed by atoms with van der Waals surface area (Å²) < 4.78 is 19.9. The van der Waals surface area contributed by atoms with E-state index in [9.17, 15) is 9.18 Å². The number of nitrogens with one attached hydrogen (secondary N) is 4. The van der Waals surface area contributed by atoms with Crippen LogP contribution in [0, 0.1) is 24.1 Å². The Morgan fingerprint density at radius 2 is 2.17 bits per heavy atom. The standard InChI is InChI=1S/C23H24FN9O2/c1-14-3-2-4-18(24)17(14)12-30-23(34)22-19(28-11-16-10-26-5-6-35-16)7-20(32-33-22)31-21-13-27-15(8-25)9-29-21/h2-4,7,9,13,16,26H,5-6,10-12H2,1H3,(H,30,34)(H2,28,29,31,32). The maximum atomic E-state index is 14.2. The van der Waals surface area contributed by atoms with Crippen molar-refractivity contribution in [3.05, 3.63) is 65.0 Å². The largest absolute Gasteiger partial charge is 0.380 e. The fourth-order valence-electron chi connectivity index (χ4n) is 3.45. The first-order valence-electron chi connectivity index (χ1n) is 11.0. The molecule has 4 rings (SSSR count). The SMILES string of the molecule is Cc1cccc(F)c1CNC(=O)c1nnc(Nc2cnc(C#N)cn2)cc1NCC1CNCCO1. The molecule has 3 heterocycles. The summed E-state index contributed by atoms with van der Waals surface area (Å²) >= 11 is 0. The van der Waals surface area contributed by atoms with Crippen LogP contribution in [0.3, 0.4) is 0 Å². The number of nitriles is 1. The highest BCUT2D eigenvalue weighted by molar-refractivity contribution is 5.97. The molecule has 3 aromatic rings. The molecular formula is C23H24FN9O2. The molecule has 0 saturated carbocycles. The number of hydrogen-bond acceptors (Lipinski definition) is 10. The summed E-state index contributed by atoms with van der Waals surface area (Å²) in [4.78, 5) is 21.0. The van der Waals surface area contributed by atoms with Crippen molar-refractivity contribution in [2.75, 3.05) is 36.9 Å². The van der Waals surface area contributed by atoms with Gasteiger partial charge in [0, 0.05) is 37.8 Å². The third kappa shape index (κ3) is 6.23. The van der Waals surface area contributed by atoms with Crippen LogP contribution in [0.4, 0.5) is 21.7 Å². The van der Waals surface area contributed by atoms with Crippen LogP contribution in [0.15, 0.2) is 36.7 Å². The third-order valence-corrected chi connectivity index (χ3v) is 5.33. The van der Waals surface area contributed by atoms with Gasteiger partial charge in [-0.05, 0) is 18.6 Å². The van der Waals surface area contributed by atoms with E-state index in [1.165, 1.54) is 18.5 Å². The topological polar surface area (TPSA) is 150 Å². The molecule has 0 spiro atoms. The average molecular weight is 478 g/mol. The summed E-state index contributed by atoms with van der Waals surface area (Å²) in [5, 5.41) is 29.2. The third-order valence-electron chi connectivity index (χ3n) is 5.33. The zero-order valence-electron chi connectivity index (χ0n) is 19.0. The van der Waals surface area contributed by atoms with E-state index in [1.807, 2.05) is 6.07 Å². The summed E-state index contributed by atoms with van der Waals surface area (Å²) in [6.45, 7) is 4.28. The summed E-state index contributed by atoms with van der Waals surface area (Å²) in [5.74, 6) is -0.221. The van der Waals surface area contributed by atoms with Crippen molar-refractivity contribution in [2.45, 2.75) is 19.6 Å². The highest BCUT2D eigenvalue weighted by Gasteiger charge is 2.19. The zero-order chi connectivity index (χ0) is 24.6. The van der Waals surface area contributed by atoms with Gasteiger partial charge in [-0.25, -0.2) is 14.4 Å². The number of aromatic nitrogens is 4. The van der Waals surface area contributed by atoms with Crippen molar-refractivity contribution in [1.82, 2.24) is 30.8 Å². The number of rotatable bonds is 8. The number of benzene rings is 1. The van der Waals surface area contributed by atoms with Crippen LogP contribution >= 0.6 is 0 Å².